The van der Waals surface area contributed by atoms with E-state index in [4.69, 9.17) is 36.2 Å². The van der Waals surface area contributed by atoms with Crippen LogP contribution in [0.25, 0.3) is 0 Å². The van der Waals surface area contributed by atoms with Crippen molar-refractivity contribution < 1.29 is 36.2 Å². The quantitative estimate of drug-likeness (QED) is 0.0475. The molecule has 8 nitrogen and oxygen atoms in total. The Hall–Kier alpha value is 0.0300. The molecule has 2 aliphatic heterocycles. The molecule has 0 amide bonds. The number of hydrogen-bond donors (Lipinski definition) is 0. The standard InChI is InChI=1S/C41H82O6P2.C17H29O2P/c1-3-5-7-9-11-13-15-17-19-21-23-25-27-29-31-33-35-42-48-44-37-41(38-45-48)39-46-49(47-40-41)43-36-34-32-30-28-26-24-22-20-18-16-14-12-10-8-6-4-2;1-9-18-20-19-15-12(2)10-13(16(3,4)5)11-14(15)17(6,7)8/h3-40H2,1-2H3;10-11,20H,9H2,1-8H3. The van der Waals surface area contributed by atoms with Crippen LogP contribution in [0.1, 0.15) is 284 Å². The van der Waals surface area contributed by atoms with E-state index in [0.717, 1.165) is 31.8 Å². The van der Waals surface area contributed by atoms with Crippen molar-refractivity contribution in [2.45, 2.75) is 286 Å². The Morgan fingerprint density at radius 2 is 0.783 bits per heavy atom. The molecule has 0 bridgehead atoms. The SMILES string of the molecule is CCCCCCCCCCCCCCCCCCOP1OCC2(CO1)COP(OCCCCCCCCCCCCCCCCCC)OC2.CCOPOc1c(C)cc(C(C)(C)C)cc1C(C)(C)C. The van der Waals surface area contributed by atoms with Crippen molar-refractivity contribution in [3.05, 3.63) is 28.8 Å². The summed E-state index contributed by atoms with van der Waals surface area (Å²) < 4.78 is 46.9. The molecule has 0 aliphatic carbocycles. The van der Waals surface area contributed by atoms with Gasteiger partial charge < -0.3 is 36.2 Å². The predicted octanol–water partition coefficient (Wildman–Crippen LogP) is 20.6. The molecular formula is C58H111O8P3. The zero-order valence-electron chi connectivity index (χ0n) is 46.9. The van der Waals surface area contributed by atoms with Gasteiger partial charge in [0.2, 0.25) is 9.03 Å². The van der Waals surface area contributed by atoms with Crippen LogP contribution in [0.2, 0.25) is 0 Å². The van der Waals surface area contributed by atoms with E-state index < -0.39 is 17.2 Å². The van der Waals surface area contributed by atoms with Crippen LogP contribution in [0.5, 0.6) is 5.75 Å². The molecule has 1 atom stereocenters. The second-order valence-electron chi connectivity index (χ2n) is 22.6. The normalized spacial score (nSPS) is 18.9. The highest BCUT2D eigenvalue weighted by atomic mass is 31.2. The summed E-state index contributed by atoms with van der Waals surface area (Å²) in [4.78, 5) is 0. The molecule has 69 heavy (non-hydrogen) atoms. The molecule has 1 aromatic rings. The number of hydrogen-bond acceptors (Lipinski definition) is 8. The van der Waals surface area contributed by atoms with E-state index in [1.54, 1.807) is 0 Å². The fourth-order valence-corrected chi connectivity index (χ4v) is 11.9. The molecule has 0 N–H and O–H groups in total. The lowest BCUT2D eigenvalue weighted by molar-refractivity contribution is -0.0761. The van der Waals surface area contributed by atoms with Crippen LogP contribution >= 0.6 is 26.2 Å². The van der Waals surface area contributed by atoms with E-state index in [2.05, 4.69) is 74.4 Å². The van der Waals surface area contributed by atoms with Crippen LogP contribution in [0.4, 0.5) is 0 Å². The van der Waals surface area contributed by atoms with Crippen LogP contribution in [0.3, 0.4) is 0 Å². The minimum Gasteiger partial charge on any atom is -0.449 e. The molecule has 2 saturated heterocycles. The summed E-state index contributed by atoms with van der Waals surface area (Å²) in [6.45, 7) is 26.5. The van der Waals surface area contributed by atoms with Crippen LogP contribution < -0.4 is 4.52 Å². The van der Waals surface area contributed by atoms with Crippen molar-refractivity contribution in [3.8, 4) is 5.75 Å². The van der Waals surface area contributed by atoms with Crippen molar-refractivity contribution in [1.29, 1.82) is 0 Å². The van der Waals surface area contributed by atoms with Gasteiger partial charge in [0.25, 0.3) is 0 Å². The highest BCUT2D eigenvalue weighted by Crippen LogP contribution is 2.53. The monoisotopic (exact) mass is 1030 g/mol. The summed E-state index contributed by atoms with van der Waals surface area (Å²) in [5.74, 6) is 0.984. The predicted molar refractivity (Wildman–Crippen MR) is 300 cm³/mol. The van der Waals surface area contributed by atoms with Crippen LogP contribution in [0, 0.1) is 12.3 Å². The average Bonchev–Trinajstić information content (AvgIpc) is 3.32. The summed E-state index contributed by atoms with van der Waals surface area (Å²) >= 11 is 0. The second kappa shape index (κ2) is 41.3. The summed E-state index contributed by atoms with van der Waals surface area (Å²) in [5.41, 5.74) is 3.77. The maximum absolute atomic E-state index is 5.96. The van der Waals surface area contributed by atoms with Crippen molar-refractivity contribution in [2.75, 3.05) is 46.2 Å². The van der Waals surface area contributed by atoms with Crippen molar-refractivity contribution >= 4 is 26.2 Å². The maximum atomic E-state index is 5.96. The Kier molecular flexibility index (Phi) is 39.0. The molecular weight excluding hydrogens is 918 g/mol. The highest BCUT2D eigenvalue weighted by molar-refractivity contribution is 7.42. The minimum atomic E-state index is -1.24. The lowest BCUT2D eigenvalue weighted by Gasteiger charge is -2.41. The van der Waals surface area contributed by atoms with E-state index in [-0.39, 0.29) is 25.3 Å². The number of aryl methyl sites for hydroxylation is 1. The molecule has 0 radical (unpaired) electrons. The van der Waals surface area contributed by atoms with Gasteiger partial charge in [0.1, 0.15) is 5.75 Å². The second-order valence-corrected chi connectivity index (χ2v) is 25.7. The molecule has 1 unspecified atom stereocenters. The first-order valence-electron chi connectivity index (χ1n) is 28.9. The summed E-state index contributed by atoms with van der Waals surface area (Å²) in [5, 5.41) is 0. The molecule has 11 heteroatoms. The van der Waals surface area contributed by atoms with E-state index in [0.29, 0.717) is 33.0 Å². The maximum Gasteiger partial charge on any atom is 0.332 e. The van der Waals surface area contributed by atoms with Crippen LogP contribution in [-0.2, 0) is 42.5 Å². The van der Waals surface area contributed by atoms with Gasteiger partial charge in [0.05, 0.1) is 51.7 Å². The lowest BCUT2D eigenvalue weighted by Crippen LogP contribution is -2.44. The van der Waals surface area contributed by atoms with Gasteiger partial charge in [-0.3, -0.25) is 0 Å². The minimum absolute atomic E-state index is 0.0536. The summed E-state index contributed by atoms with van der Waals surface area (Å²) in [7, 11) is -2.42. The van der Waals surface area contributed by atoms with Gasteiger partial charge in [0, 0.05) is 5.56 Å². The number of unbranched alkanes of at least 4 members (excludes halogenated alkanes) is 30. The first kappa shape index (κ1) is 65.1. The van der Waals surface area contributed by atoms with Crippen molar-refractivity contribution in [2.24, 2.45) is 5.41 Å². The zero-order valence-corrected chi connectivity index (χ0v) is 49.7. The smallest absolute Gasteiger partial charge is 0.332 e. The van der Waals surface area contributed by atoms with Crippen molar-refractivity contribution in [1.82, 2.24) is 0 Å². The number of rotatable bonds is 40. The fourth-order valence-electron chi connectivity index (χ4n) is 8.84. The topological polar surface area (TPSA) is 73.8 Å². The van der Waals surface area contributed by atoms with Gasteiger partial charge in [0.15, 0.2) is 0 Å². The molecule has 2 fully saturated rings. The zero-order chi connectivity index (χ0) is 50.3. The molecule has 406 valence electrons. The number of benzene rings is 1. The van der Waals surface area contributed by atoms with E-state index in [1.165, 1.54) is 209 Å². The molecule has 1 spiro atoms. The Labute approximate surface area is 432 Å². The first-order valence-corrected chi connectivity index (χ1v) is 31.9. The van der Waals surface area contributed by atoms with E-state index in [9.17, 15) is 0 Å². The third-order valence-electron chi connectivity index (χ3n) is 13.6. The first-order chi connectivity index (χ1) is 33.3. The Morgan fingerprint density at radius 3 is 1.07 bits per heavy atom. The lowest BCUT2D eigenvalue weighted by atomic mass is 9.79. The Balaban J connectivity index is 0.000000679. The molecule has 1 aromatic carbocycles. The third kappa shape index (κ3) is 32.8. The summed E-state index contributed by atoms with van der Waals surface area (Å²) in [6.07, 6.45) is 44.1. The van der Waals surface area contributed by atoms with Gasteiger partial charge in [-0.15, -0.1) is 0 Å². The molecule has 0 saturated carbocycles. The largest absolute Gasteiger partial charge is 0.449 e. The van der Waals surface area contributed by atoms with E-state index >= 15 is 0 Å². The van der Waals surface area contributed by atoms with Crippen LogP contribution in [-0.4, -0.2) is 46.2 Å². The highest BCUT2D eigenvalue weighted by Gasteiger charge is 2.44. The Morgan fingerprint density at radius 1 is 0.464 bits per heavy atom. The van der Waals surface area contributed by atoms with Gasteiger partial charge in [-0.2, -0.15) is 0 Å². The molecule has 0 aromatic heterocycles. The average molecular weight is 1030 g/mol. The molecule has 2 aliphatic rings. The van der Waals surface area contributed by atoms with Gasteiger partial charge >= 0.3 is 17.2 Å². The molecule has 2 heterocycles. The van der Waals surface area contributed by atoms with Gasteiger partial charge in [-0.05, 0) is 48.6 Å². The summed E-state index contributed by atoms with van der Waals surface area (Å²) in [6, 6.07) is 4.53. The van der Waals surface area contributed by atoms with Crippen molar-refractivity contribution in [3.63, 3.8) is 0 Å². The van der Waals surface area contributed by atoms with Gasteiger partial charge in [-0.25, -0.2) is 0 Å². The third-order valence-corrected chi connectivity index (χ3v) is 16.4. The molecule has 3 rings (SSSR count). The van der Waals surface area contributed by atoms with Crippen LogP contribution in [0.15, 0.2) is 12.1 Å². The fraction of sp³-hybridized carbons (Fsp3) is 0.897. The van der Waals surface area contributed by atoms with E-state index in [1.807, 2.05) is 6.92 Å². The van der Waals surface area contributed by atoms with Gasteiger partial charge in [-0.1, -0.05) is 260 Å². The Bertz CT molecular complexity index is 1260.